The first-order chi connectivity index (χ1) is 20.9. The Bertz CT molecular complexity index is 1580. The zero-order chi connectivity index (χ0) is 32.6. The van der Waals surface area contributed by atoms with E-state index in [1.54, 1.807) is 13.0 Å². The van der Waals surface area contributed by atoms with Gasteiger partial charge >= 0.3 is 0 Å². The largest absolute Gasteiger partial charge is 0.495 e. The first kappa shape index (κ1) is 34.5. The van der Waals surface area contributed by atoms with Gasteiger partial charge in [0, 0.05) is 23.7 Å². The van der Waals surface area contributed by atoms with Gasteiger partial charge < -0.3 is 24.4 Å². The molecule has 0 unspecified atom stereocenters. The quantitative estimate of drug-likeness (QED) is 0.256. The van der Waals surface area contributed by atoms with Crippen molar-refractivity contribution in [2.75, 3.05) is 32.2 Å². The highest BCUT2D eigenvalue weighted by molar-refractivity contribution is 7.92. The van der Waals surface area contributed by atoms with Crippen molar-refractivity contribution < 1.29 is 32.2 Å². The number of amides is 2. The summed E-state index contributed by atoms with van der Waals surface area (Å²) in [7, 11) is -0.203. The van der Waals surface area contributed by atoms with E-state index in [9.17, 15) is 18.0 Å². The van der Waals surface area contributed by atoms with Crippen LogP contribution in [0.3, 0.4) is 0 Å². The molecular formula is C32H40ClN3O7S. The summed E-state index contributed by atoms with van der Waals surface area (Å²) >= 11 is 6.33. The molecule has 0 bridgehead atoms. The number of hydrogen-bond acceptors (Lipinski definition) is 7. The van der Waals surface area contributed by atoms with Crippen LogP contribution in [0.1, 0.15) is 38.3 Å². The standard InChI is InChI=1S/C32H40ClN3O7S/c1-8-26(32(38)34-21(2)3)35(19-23-12-10-9-11-22(23)4)31(37)20-36(27-17-24(33)13-15-28(27)41-5)44(39,40)25-14-16-29(42-6)30(18-25)43-7/h9-18,21,26H,8,19-20H2,1-7H3,(H,34,38)/t26-/m0/s1. The maximum atomic E-state index is 14.4. The van der Waals surface area contributed by atoms with E-state index < -0.39 is 28.5 Å². The molecule has 2 amide bonds. The molecule has 3 rings (SSSR count). The average molecular weight is 646 g/mol. The van der Waals surface area contributed by atoms with Gasteiger partial charge in [-0.1, -0.05) is 42.8 Å². The van der Waals surface area contributed by atoms with Crippen LogP contribution in [0.25, 0.3) is 0 Å². The van der Waals surface area contributed by atoms with Crippen molar-refractivity contribution in [2.24, 2.45) is 0 Å². The third kappa shape index (κ3) is 7.95. The summed E-state index contributed by atoms with van der Waals surface area (Å²) in [6.45, 7) is 6.83. The van der Waals surface area contributed by atoms with E-state index in [0.29, 0.717) is 12.2 Å². The Kier molecular flexibility index (Phi) is 11.9. The maximum Gasteiger partial charge on any atom is 0.265 e. The lowest BCUT2D eigenvalue weighted by molar-refractivity contribution is -0.140. The molecule has 0 saturated heterocycles. The molecule has 0 fully saturated rings. The summed E-state index contributed by atoms with van der Waals surface area (Å²) in [6, 6.07) is 15.1. The van der Waals surface area contributed by atoms with Gasteiger partial charge in [0.1, 0.15) is 18.3 Å². The Morgan fingerprint density at radius 2 is 1.55 bits per heavy atom. The minimum absolute atomic E-state index is 0.0543. The SMILES string of the molecule is CC[C@@H](C(=O)NC(C)C)N(Cc1ccccc1C)C(=O)CN(c1cc(Cl)ccc1OC)S(=O)(=O)c1ccc(OC)c(OC)c1. The number of methoxy groups -OCH3 is 3. The van der Waals surface area contributed by atoms with Gasteiger partial charge in [-0.05, 0) is 68.7 Å². The Balaban J connectivity index is 2.19. The maximum absolute atomic E-state index is 14.4. The monoisotopic (exact) mass is 645 g/mol. The Morgan fingerprint density at radius 3 is 2.14 bits per heavy atom. The lowest BCUT2D eigenvalue weighted by Gasteiger charge is -2.34. The first-order valence-electron chi connectivity index (χ1n) is 14.1. The van der Waals surface area contributed by atoms with Gasteiger partial charge in [0.05, 0.1) is 31.9 Å². The predicted octanol–water partition coefficient (Wildman–Crippen LogP) is 5.20. The predicted molar refractivity (Wildman–Crippen MR) is 171 cm³/mol. The van der Waals surface area contributed by atoms with E-state index in [-0.39, 0.29) is 45.6 Å². The minimum atomic E-state index is -4.43. The van der Waals surface area contributed by atoms with E-state index in [1.807, 2.05) is 45.0 Å². The van der Waals surface area contributed by atoms with Gasteiger partial charge in [-0.25, -0.2) is 8.42 Å². The molecule has 0 heterocycles. The molecule has 0 aliphatic heterocycles. The van der Waals surface area contributed by atoms with E-state index in [1.165, 1.54) is 56.6 Å². The van der Waals surface area contributed by atoms with E-state index in [4.69, 9.17) is 25.8 Å². The van der Waals surface area contributed by atoms with Crippen molar-refractivity contribution in [3.63, 3.8) is 0 Å². The molecule has 0 aliphatic carbocycles. The van der Waals surface area contributed by atoms with Crippen molar-refractivity contribution in [1.82, 2.24) is 10.2 Å². The van der Waals surface area contributed by atoms with Gasteiger partial charge in [0.15, 0.2) is 11.5 Å². The number of rotatable bonds is 14. The van der Waals surface area contributed by atoms with Crippen molar-refractivity contribution in [1.29, 1.82) is 0 Å². The summed E-state index contributed by atoms with van der Waals surface area (Å²) < 4.78 is 45.8. The summed E-state index contributed by atoms with van der Waals surface area (Å²) in [6.07, 6.45) is 0.305. The van der Waals surface area contributed by atoms with Gasteiger partial charge in [-0.2, -0.15) is 0 Å². The number of halogens is 1. The zero-order valence-corrected chi connectivity index (χ0v) is 27.7. The van der Waals surface area contributed by atoms with Crippen molar-refractivity contribution in [2.45, 2.75) is 57.6 Å². The Morgan fingerprint density at radius 1 is 0.909 bits per heavy atom. The van der Waals surface area contributed by atoms with Crippen LogP contribution in [-0.2, 0) is 26.2 Å². The van der Waals surface area contributed by atoms with Gasteiger partial charge in [0.2, 0.25) is 11.8 Å². The zero-order valence-electron chi connectivity index (χ0n) is 26.1. The second-order valence-electron chi connectivity index (χ2n) is 10.4. The number of nitrogens with one attached hydrogen (secondary N) is 1. The number of benzene rings is 3. The second kappa shape index (κ2) is 15.2. The van der Waals surface area contributed by atoms with E-state index >= 15 is 0 Å². The van der Waals surface area contributed by atoms with Crippen LogP contribution in [0.15, 0.2) is 65.6 Å². The molecule has 0 spiro atoms. The molecule has 0 radical (unpaired) electrons. The summed E-state index contributed by atoms with van der Waals surface area (Å²) in [4.78, 5) is 29.0. The normalized spacial score (nSPS) is 11.9. The number of ether oxygens (including phenoxy) is 3. The molecule has 238 valence electrons. The Hall–Kier alpha value is -3.96. The number of carbonyl (C=O) groups excluding carboxylic acids is 2. The number of hydrogen-bond donors (Lipinski definition) is 1. The van der Waals surface area contributed by atoms with Crippen LogP contribution < -0.4 is 23.8 Å². The van der Waals surface area contributed by atoms with Gasteiger partial charge in [0.25, 0.3) is 10.0 Å². The number of sulfonamides is 1. The summed E-state index contributed by atoms with van der Waals surface area (Å²) in [5.41, 5.74) is 1.81. The van der Waals surface area contributed by atoms with Crippen LogP contribution in [-0.4, -0.2) is 65.1 Å². The number of aryl methyl sites for hydroxylation is 1. The third-order valence-electron chi connectivity index (χ3n) is 7.05. The van der Waals surface area contributed by atoms with Crippen molar-refractivity contribution in [3.05, 3.63) is 76.8 Å². The topological polar surface area (TPSA) is 114 Å². The van der Waals surface area contributed by atoms with Crippen LogP contribution >= 0.6 is 11.6 Å². The summed E-state index contributed by atoms with van der Waals surface area (Å²) in [5, 5.41) is 3.13. The van der Waals surface area contributed by atoms with Crippen LogP contribution in [0.4, 0.5) is 5.69 Å². The van der Waals surface area contributed by atoms with E-state index in [0.717, 1.165) is 15.4 Å². The molecule has 12 heteroatoms. The molecule has 0 saturated carbocycles. The van der Waals surface area contributed by atoms with Crippen LogP contribution in [0, 0.1) is 6.92 Å². The molecular weight excluding hydrogens is 606 g/mol. The molecule has 0 aromatic heterocycles. The lowest BCUT2D eigenvalue weighted by atomic mass is 10.1. The fourth-order valence-electron chi connectivity index (χ4n) is 4.75. The number of carbonyl (C=O) groups is 2. The minimum Gasteiger partial charge on any atom is -0.495 e. The number of nitrogens with zero attached hydrogens (tertiary/aromatic N) is 2. The number of anilines is 1. The molecule has 44 heavy (non-hydrogen) atoms. The van der Waals surface area contributed by atoms with Crippen molar-refractivity contribution in [3.8, 4) is 17.2 Å². The second-order valence-corrected chi connectivity index (χ2v) is 12.7. The fourth-order valence-corrected chi connectivity index (χ4v) is 6.35. The molecule has 3 aromatic rings. The summed E-state index contributed by atoms with van der Waals surface area (Å²) in [5.74, 6) is -0.221. The van der Waals surface area contributed by atoms with Gasteiger partial charge in [-0.15, -0.1) is 0 Å². The average Bonchev–Trinajstić information content (AvgIpc) is 2.99. The molecule has 10 nitrogen and oxygen atoms in total. The lowest BCUT2D eigenvalue weighted by Crippen LogP contribution is -2.53. The van der Waals surface area contributed by atoms with Crippen molar-refractivity contribution >= 4 is 39.1 Å². The molecule has 0 aliphatic rings. The first-order valence-corrected chi connectivity index (χ1v) is 15.9. The molecule has 1 N–H and O–H groups in total. The van der Waals surface area contributed by atoms with E-state index in [2.05, 4.69) is 5.32 Å². The molecule has 1 atom stereocenters. The highest BCUT2D eigenvalue weighted by atomic mass is 35.5. The van der Waals surface area contributed by atoms with Gasteiger partial charge in [-0.3, -0.25) is 13.9 Å². The van der Waals surface area contributed by atoms with Crippen LogP contribution in [0.2, 0.25) is 5.02 Å². The molecule has 3 aromatic carbocycles. The Labute approximate surface area is 264 Å². The highest BCUT2D eigenvalue weighted by Gasteiger charge is 2.35. The third-order valence-corrected chi connectivity index (χ3v) is 9.04. The van der Waals surface area contributed by atoms with Crippen LogP contribution in [0.5, 0.6) is 17.2 Å². The highest BCUT2D eigenvalue weighted by Crippen LogP contribution is 2.37. The smallest absolute Gasteiger partial charge is 0.265 e. The fraction of sp³-hybridized carbons (Fsp3) is 0.375.